The maximum atomic E-state index is 6.30. The second kappa shape index (κ2) is 9.52. The highest BCUT2D eigenvalue weighted by molar-refractivity contribution is 5.14. The van der Waals surface area contributed by atoms with Crippen molar-refractivity contribution in [3.05, 3.63) is 35.9 Å². The monoisotopic (exact) mass is 332 g/mol. The Kier molecular flexibility index (Phi) is 7.69. The summed E-state index contributed by atoms with van der Waals surface area (Å²) in [4.78, 5) is 7.53. The van der Waals surface area contributed by atoms with Gasteiger partial charge in [-0.2, -0.15) is 0 Å². The van der Waals surface area contributed by atoms with Crippen molar-refractivity contribution in [2.24, 2.45) is 5.73 Å². The van der Waals surface area contributed by atoms with Gasteiger partial charge in [-0.05, 0) is 45.5 Å². The molecule has 1 fully saturated rings. The van der Waals surface area contributed by atoms with Gasteiger partial charge < -0.3 is 10.6 Å². The molecule has 0 spiro atoms. The maximum absolute atomic E-state index is 6.30. The Balaban J connectivity index is 1.95. The van der Waals surface area contributed by atoms with Crippen LogP contribution in [0, 0.1) is 0 Å². The summed E-state index contributed by atoms with van der Waals surface area (Å²) in [5.74, 6) is 0. The third kappa shape index (κ3) is 5.28. The summed E-state index contributed by atoms with van der Waals surface area (Å²) in [6.07, 6.45) is 3.57. The van der Waals surface area contributed by atoms with Crippen LogP contribution in [0.5, 0.6) is 0 Å². The van der Waals surface area contributed by atoms with Gasteiger partial charge in [-0.3, -0.25) is 9.80 Å². The van der Waals surface area contributed by atoms with Gasteiger partial charge in [0.25, 0.3) is 0 Å². The minimum Gasteiger partial charge on any atom is -0.329 e. The average molecular weight is 333 g/mol. The van der Waals surface area contributed by atoms with Crippen molar-refractivity contribution in [2.45, 2.75) is 38.3 Å². The van der Waals surface area contributed by atoms with E-state index in [0.717, 1.165) is 45.8 Å². The first kappa shape index (κ1) is 19.4. The second-order valence-electron chi connectivity index (χ2n) is 7.48. The molecule has 1 aliphatic heterocycles. The number of likely N-dealkylation sites (tertiary alicyclic amines) is 1. The smallest absolute Gasteiger partial charge is 0.0356 e. The SMILES string of the molecule is CCCN(CCN(C)C)C1(CN)CCN(Cc2ccccc2)CC1. The molecule has 1 aliphatic rings. The van der Waals surface area contributed by atoms with Crippen LogP contribution in [0.3, 0.4) is 0 Å². The van der Waals surface area contributed by atoms with Crippen LogP contribution < -0.4 is 5.73 Å². The summed E-state index contributed by atoms with van der Waals surface area (Å²) in [6.45, 7) is 9.79. The van der Waals surface area contributed by atoms with Crippen LogP contribution in [0.4, 0.5) is 0 Å². The Hall–Kier alpha value is -0.940. The van der Waals surface area contributed by atoms with E-state index < -0.39 is 0 Å². The van der Waals surface area contributed by atoms with Crippen molar-refractivity contribution < 1.29 is 0 Å². The number of nitrogens with zero attached hydrogens (tertiary/aromatic N) is 3. The van der Waals surface area contributed by atoms with E-state index in [1.165, 1.54) is 24.8 Å². The fourth-order valence-electron chi connectivity index (χ4n) is 3.80. The number of hydrogen-bond donors (Lipinski definition) is 1. The van der Waals surface area contributed by atoms with Crippen molar-refractivity contribution in [1.29, 1.82) is 0 Å². The second-order valence-corrected chi connectivity index (χ2v) is 7.48. The number of nitrogens with two attached hydrogens (primary N) is 1. The summed E-state index contributed by atoms with van der Waals surface area (Å²) in [5, 5.41) is 0. The topological polar surface area (TPSA) is 35.7 Å². The molecule has 24 heavy (non-hydrogen) atoms. The predicted molar refractivity (Wildman–Crippen MR) is 103 cm³/mol. The van der Waals surface area contributed by atoms with Crippen molar-refractivity contribution in [3.8, 4) is 0 Å². The third-order valence-corrected chi connectivity index (χ3v) is 5.40. The van der Waals surface area contributed by atoms with Crippen LogP contribution in [0.25, 0.3) is 0 Å². The molecule has 1 heterocycles. The van der Waals surface area contributed by atoms with E-state index in [-0.39, 0.29) is 5.54 Å². The molecular weight excluding hydrogens is 296 g/mol. The van der Waals surface area contributed by atoms with Crippen LogP contribution in [-0.4, -0.2) is 73.6 Å². The molecule has 0 amide bonds. The molecule has 4 heteroatoms. The number of benzene rings is 1. The number of piperidine rings is 1. The van der Waals surface area contributed by atoms with Gasteiger partial charge >= 0.3 is 0 Å². The van der Waals surface area contributed by atoms with E-state index in [1.807, 2.05) is 0 Å². The predicted octanol–water partition coefficient (Wildman–Crippen LogP) is 2.25. The zero-order valence-electron chi connectivity index (χ0n) is 15.9. The highest BCUT2D eigenvalue weighted by Gasteiger charge is 2.38. The van der Waals surface area contributed by atoms with Crippen LogP contribution >= 0.6 is 0 Å². The lowest BCUT2D eigenvalue weighted by atomic mass is 9.85. The Labute approximate surface area is 148 Å². The summed E-state index contributed by atoms with van der Waals surface area (Å²) in [7, 11) is 4.31. The first-order valence-corrected chi connectivity index (χ1v) is 9.46. The van der Waals surface area contributed by atoms with Gasteiger partial charge in [-0.1, -0.05) is 37.3 Å². The molecule has 0 bridgehead atoms. The van der Waals surface area contributed by atoms with Crippen LogP contribution in [0.2, 0.25) is 0 Å². The molecule has 1 saturated heterocycles. The standard InChI is InChI=1S/C20H36N4/c1-4-12-24(16-15-22(2)3)20(18-21)10-13-23(14-11-20)17-19-8-6-5-7-9-19/h5-9H,4,10-18,21H2,1-3H3. The molecule has 0 atom stereocenters. The highest BCUT2D eigenvalue weighted by Crippen LogP contribution is 2.29. The Bertz CT molecular complexity index is 452. The van der Waals surface area contributed by atoms with E-state index >= 15 is 0 Å². The molecule has 2 N–H and O–H groups in total. The molecule has 1 aromatic carbocycles. The van der Waals surface area contributed by atoms with Gasteiger partial charge in [0.15, 0.2) is 0 Å². The molecule has 0 saturated carbocycles. The molecule has 136 valence electrons. The molecule has 0 unspecified atom stereocenters. The van der Waals surface area contributed by atoms with E-state index in [2.05, 4.69) is 66.1 Å². The van der Waals surface area contributed by atoms with Crippen LogP contribution in [0.1, 0.15) is 31.7 Å². The minimum absolute atomic E-state index is 0.194. The maximum Gasteiger partial charge on any atom is 0.0356 e. The molecule has 1 aromatic rings. The minimum atomic E-state index is 0.194. The summed E-state index contributed by atoms with van der Waals surface area (Å²) >= 11 is 0. The largest absolute Gasteiger partial charge is 0.329 e. The number of hydrogen-bond acceptors (Lipinski definition) is 4. The summed E-state index contributed by atoms with van der Waals surface area (Å²) in [6, 6.07) is 10.8. The Morgan fingerprint density at radius 1 is 1.04 bits per heavy atom. The number of rotatable bonds is 9. The molecule has 0 aromatic heterocycles. The zero-order chi connectivity index (χ0) is 17.4. The quantitative estimate of drug-likeness (QED) is 0.752. The van der Waals surface area contributed by atoms with Gasteiger partial charge in [-0.15, -0.1) is 0 Å². The first-order chi connectivity index (χ1) is 11.6. The van der Waals surface area contributed by atoms with Gasteiger partial charge in [0, 0.05) is 44.8 Å². The van der Waals surface area contributed by atoms with Gasteiger partial charge in [0.1, 0.15) is 0 Å². The van der Waals surface area contributed by atoms with E-state index in [1.54, 1.807) is 0 Å². The van der Waals surface area contributed by atoms with Crippen molar-refractivity contribution in [3.63, 3.8) is 0 Å². The molecule has 0 radical (unpaired) electrons. The van der Waals surface area contributed by atoms with Crippen molar-refractivity contribution >= 4 is 0 Å². The lowest BCUT2D eigenvalue weighted by molar-refractivity contribution is 0.0206. The molecule has 0 aliphatic carbocycles. The lowest BCUT2D eigenvalue weighted by Crippen LogP contribution is -2.60. The van der Waals surface area contributed by atoms with E-state index in [9.17, 15) is 0 Å². The van der Waals surface area contributed by atoms with Gasteiger partial charge in [0.05, 0.1) is 0 Å². The van der Waals surface area contributed by atoms with Gasteiger partial charge in [-0.25, -0.2) is 0 Å². The zero-order valence-corrected chi connectivity index (χ0v) is 15.9. The highest BCUT2D eigenvalue weighted by atomic mass is 15.3. The lowest BCUT2D eigenvalue weighted by Gasteiger charge is -2.49. The van der Waals surface area contributed by atoms with E-state index in [4.69, 9.17) is 5.73 Å². The molecule has 2 rings (SSSR count). The fraction of sp³-hybridized carbons (Fsp3) is 0.700. The summed E-state index contributed by atoms with van der Waals surface area (Å²) < 4.78 is 0. The van der Waals surface area contributed by atoms with E-state index in [0.29, 0.717) is 0 Å². The summed E-state index contributed by atoms with van der Waals surface area (Å²) in [5.41, 5.74) is 7.91. The Morgan fingerprint density at radius 2 is 1.71 bits per heavy atom. The van der Waals surface area contributed by atoms with Crippen molar-refractivity contribution in [2.75, 3.05) is 53.4 Å². The van der Waals surface area contributed by atoms with Crippen LogP contribution in [-0.2, 0) is 6.54 Å². The van der Waals surface area contributed by atoms with Gasteiger partial charge in [0.2, 0.25) is 0 Å². The van der Waals surface area contributed by atoms with Crippen molar-refractivity contribution in [1.82, 2.24) is 14.7 Å². The third-order valence-electron chi connectivity index (χ3n) is 5.40. The average Bonchev–Trinajstić information content (AvgIpc) is 2.60. The van der Waals surface area contributed by atoms with Crippen LogP contribution in [0.15, 0.2) is 30.3 Å². The molecule has 4 nitrogen and oxygen atoms in total. The number of likely N-dealkylation sites (N-methyl/N-ethyl adjacent to an activating group) is 1. The Morgan fingerprint density at radius 3 is 2.25 bits per heavy atom. The normalized spacial score (nSPS) is 18.4. The first-order valence-electron chi connectivity index (χ1n) is 9.46. The molecular formula is C20H36N4. The fourth-order valence-corrected chi connectivity index (χ4v) is 3.80.